The molecule has 5 heteroatoms. The van der Waals surface area contributed by atoms with E-state index in [-0.39, 0.29) is 18.0 Å². The van der Waals surface area contributed by atoms with Gasteiger partial charge in [0.15, 0.2) is 0 Å². The van der Waals surface area contributed by atoms with E-state index in [1.54, 1.807) is 12.1 Å². The molecule has 0 radical (unpaired) electrons. The van der Waals surface area contributed by atoms with Crippen molar-refractivity contribution in [1.29, 1.82) is 0 Å². The van der Waals surface area contributed by atoms with Crippen LogP contribution in [-0.4, -0.2) is 18.0 Å². The molecule has 16 heavy (non-hydrogen) atoms. The lowest BCUT2D eigenvalue weighted by Crippen LogP contribution is -2.43. The monoisotopic (exact) mass is 238 g/mol. The number of imide groups is 1. The van der Waals surface area contributed by atoms with Gasteiger partial charge in [-0.2, -0.15) is 0 Å². The molecule has 1 heterocycles. The average molecular weight is 238 g/mol. The first-order chi connectivity index (χ1) is 7.75. The Bertz CT molecular complexity index is 369. The fourth-order valence-electron chi connectivity index (χ4n) is 1.86. The molecular formula is C11H14N2O2S. The number of carbonyl (C=O) groups is 2. The van der Waals surface area contributed by atoms with E-state index in [0.717, 1.165) is 25.7 Å². The Morgan fingerprint density at radius 1 is 1.31 bits per heavy atom. The van der Waals surface area contributed by atoms with E-state index in [4.69, 9.17) is 0 Å². The maximum absolute atomic E-state index is 11.5. The van der Waals surface area contributed by atoms with Gasteiger partial charge in [-0.1, -0.05) is 18.9 Å². The molecule has 1 fully saturated rings. The van der Waals surface area contributed by atoms with Crippen molar-refractivity contribution in [3.8, 4) is 0 Å². The number of rotatable bonds is 2. The standard InChI is InChI=1S/C11H14N2O2S/c14-10(9-6-3-7-16-9)13-11(15)12-8-4-1-2-5-8/h3,6-8H,1-2,4-5H2,(H2,12,13,14,15). The van der Waals surface area contributed by atoms with Crippen LogP contribution in [0.25, 0.3) is 0 Å². The highest BCUT2D eigenvalue weighted by atomic mass is 32.1. The van der Waals surface area contributed by atoms with Gasteiger partial charge < -0.3 is 5.32 Å². The lowest BCUT2D eigenvalue weighted by atomic mass is 10.2. The average Bonchev–Trinajstić information content (AvgIpc) is 2.88. The van der Waals surface area contributed by atoms with E-state index < -0.39 is 0 Å². The highest BCUT2D eigenvalue weighted by molar-refractivity contribution is 7.12. The molecule has 2 rings (SSSR count). The summed E-state index contributed by atoms with van der Waals surface area (Å²) in [7, 11) is 0. The first kappa shape index (κ1) is 11.1. The summed E-state index contributed by atoms with van der Waals surface area (Å²) in [5.41, 5.74) is 0. The lowest BCUT2D eigenvalue weighted by Gasteiger charge is -2.11. The van der Waals surface area contributed by atoms with Gasteiger partial charge >= 0.3 is 6.03 Å². The number of thiophene rings is 1. The topological polar surface area (TPSA) is 58.2 Å². The fraction of sp³-hybridized carbons (Fsp3) is 0.455. The van der Waals surface area contributed by atoms with Crippen LogP contribution < -0.4 is 10.6 Å². The van der Waals surface area contributed by atoms with Crippen LogP contribution in [0.2, 0.25) is 0 Å². The van der Waals surface area contributed by atoms with Crippen LogP contribution in [0, 0.1) is 0 Å². The van der Waals surface area contributed by atoms with Crippen molar-refractivity contribution >= 4 is 23.3 Å². The summed E-state index contributed by atoms with van der Waals surface area (Å²) in [6.07, 6.45) is 4.34. The second kappa shape index (κ2) is 5.12. The Hall–Kier alpha value is -1.36. The second-order valence-electron chi connectivity index (χ2n) is 3.89. The maximum Gasteiger partial charge on any atom is 0.321 e. The van der Waals surface area contributed by atoms with Crippen molar-refractivity contribution in [3.05, 3.63) is 22.4 Å². The number of hydrogen-bond acceptors (Lipinski definition) is 3. The van der Waals surface area contributed by atoms with Crippen molar-refractivity contribution in [2.45, 2.75) is 31.7 Å². The van der Waals surface area contributed by atoms with Gasteiger partial charge in [-0.3, -0.25) is 10.1 Å². The molecule has 1 aliphatic carbocycles. The van der Waals surface area contributed by atoms with Gasteiger partial charge in [0.2, 0.25) is 0 Å². The Kier molecular flexibility index (Phi) is 3.56. The van der Waals surface area contributed by atoms with Crippen molar-refractivity contribution in [1.82, 2.24) is 10.6 Å². The minimum absolute atomic E-state index is 0.233. The number of carbonyl (C=O) groups excluding carboxylic acids is 2. The molecule has 4 nitrogen and oxygen atoms in total. The minimum Gasteiger partial charge on any atom is -0.335 e. The molecule has 0 unspecified atom stereocenters. The highest BCUT2D eigenvalue weighted by Crippen LogP contribution is 2.17. The van der Waals surface area contributed by atoms with Gasteiger partial charge in [0.25, 0.3) is 5.91 Å². The molecule has 0 bridgehead atoms. The molecule has 3 amide bonds. The van der Waals surface area contributed by atoms with Gasteiger partial charge in [0, 0.05) is 6.04 Å². The maximum atomic E-state index is 11.5. The summed E-state index contributed by atoms with van der Waals surface area (Å²) in [4.78, 5) is 23.6. The van der Waals surface area contributed by atoms with Crippen LogP contribution in [0.1, 0.15) is 35.4 Å². The molecule has 0 aliphatic heterocycles. The quantitative estimate of drug-likeness (QED) is 0.829. The van der Waals surface area contributed by atoms with Gasteiger partial charge in [-0.25, -0.2) is 4.79 Å². The predicted octanol–water partition coefficient (Wildman–Crippen LogP) is 2.13. The van der Waals surface area contributed by atoms with Gasteiger partial charge in [-0.15, -0.1) is 11.3 Å². The van der Waals surface area contributed by atoms with Gasteiger partial charge in [0.05, 0.1) is 4.88 Å². The zero-order chi connectivity index (χ0) is 11.4. The lowest BCUT2D eigenvalue weighted by molar-refractivity contribution is 0.0967. The van der Waals surface area contributed by atoms with E-state index in [1.807, 2.05) is 5.38 Å². The summed E-state index contributed by atoms with van der Waals surface area (Å²) in [6, 6.07) is 3.33. The number of amides is 3. The molecule has 1 aromatic rings. The predicted molar refractivity (Wildman–Crippen MR) is 62.6 cm³/mol. The van der Waals surface area contributed by atoms with Crippen molar-refractivity contribution in [2.24, 2.45) is 0 Å². The molecule has 86 valence electrons. The third-order valence-corrected chi connectivity index (χ3v) is 3.53. The van der Waals surface area contributed by atoms with Crippen LogP contribution in [0.4, 0.5) is 4.79 Å². The highest BCUT2D eigenvalue weighted by Gasteiger charge is 2.18. The number of nitrogens with one attached hydrogen (secondary N) is 2. The largest absolute Gasteiger partial charge is 0.335 e. The van der Waals surface area contributed by atoms with Crippen LogP contribution in [0.5, 0.6) is 0 Å². The van der Waals surface area contributed by atoms with Crippen LogP contribution >= 0.6 is 11.3 Å². The normalized spacial score (nSPS) is 16.0. The third-order valence-electron chi connectivity index (χ3n) is 2.66. The van der Waals surface area contributed by atoms with Crippen molar-refractivity contribution in [3.63, 3.8) is 0 Å². The van der Waals surface area contributed by atoms with Crippen LogP contribution in [-0.2, 0) is 0 Å². The molecule has 2 N–H and O–H groups in total. The Labute approximate surface area is 98.0 Å². The molecule has 0 atom stereocenters. The second-order valence-corrected chi connectivity index (χ2v) is 4.83. The molecule has 1 aliphatic rings. The minimum atomic E-state index is -0.384. The summed E-state index contributed by atoms with van der Waals surface area (Å²) in [6.45, 7) is 0. The third kappa shape index (κ3) is 2.82. The fourth-order valence-corrected chi connectivity index (χ4v) is 2.48. The smallest absolute Gasteiger partial charge is 0.321 e. The van der Waals surface area contributed by atoms with Crippen molar-refractivity contribution in [2.75, 3.05) is 0 Å². The first-order valence-corrected chi connectivity index (χ1v) is 6.29. The Balaban J connectivity index is 1.80. The SMILES string of the molecule is O=C(NC(=O)c1cccs1)NC1CCCC1. The van der Waals surface area contributed by atoms with E-state index in [9.17, 15) is 9.59 Å². The Morgan fingerprint density at radius 3 is 2.69 bits per heavy atom. The molecule has 0 aromatic carbocycles. The van der Waals surface area contributed by atoms with Crippen LogP contribution in [0.15, 0.2) is 17.5 Å². The molecule has 0 spiro atoms. The zero-order valence-corrected chi connectivity index (χ0v) is 9.68. The van der Waals surface area contributed by atoms with E-state index in [2.05, 4.69) is 10.6 Å². The van der Waals surface area contributed by atoms with E-state index >= 15 is 0 Å². The molecule has 1 saturated carbocycles. The van der Waals surface area contributed by atoms with Gasteiger partial charge in [-0.05, 0) is 24.3 Å². The molecular weight excluding hydrogens is 224 g/mol. The first-order valence-electron chi connectivity index (χ1n) is 5.41. The summed E-state index contributed by atoms with van der Waals surface area (Å²) in [5.74, 6) is -0.328. The summed E-state index contributed by atoms with van der Waals surface area (Å²) < 4.78 is 0. The van der Waals surface area contributed by atoms with Crippen molar-refractivity contribution < 1.29 is 9.59 Å². The zero-order valence-electron chi connectivity index (χ0n) is 8.86. The van der Waals surface area contributed by atoms with Gasteiger partial charge in [0.1, 0.15) is 0 Å². The summed E-state index contributed by atoms with van der Waals surface area (Å²) >= 11 is 1.32. The van der Waals surface area contributed by atoms with Crippen LogP contribution in [0.3, 0.4) is 0 Å². The summed E-state index contributed by atoms with van der Waals surface area (Å²) in [5, 5.41) is 6.95. The number of hydrogen-bond donors (Lipinski definition) is 2. The van der Waals surface area contributed by atoms with E-state index in [1.165, 1.54) is 11.3 Å². The Morgan fingerprint density at radius 2 is 2.06 bits per heavy atom. The molecule has 1 aromatic heterocycles. The number of urea groups is 1. The van der Waals surface area contributed by atoms with E-state index in [0.29, 0.717) is 4.88 Å². The molecule has 0 saturated heterocycles.